The van der Waals surface area contributed by atoms with Crippen molar-refractivity contribution in [1.82, 2.24) is 35.7 Å². The smallest absolute Gasteiger partial charge is 0.315 e. The Morgan fingerprint density at radius 1 is 1.05 bits per heavy atom. The largest absolute Gasteiger partial charge is 0.341 e. The number of rotatable bonds is 7. The van der Waals surface area contributed by atoms with Crippen LogP contribution in [-0.4, -0.2) is 44.1 Å². The van der Waals surface area contributed by atoms with Crippen LogP contribution in [0.4, 0.5) is 11.6 Å². The van der Waals surface area contributed by atoms with Gasteiger partial charge in [0.25, 0.3) is 0 Å². The molecule has 40 heavy (non-hydrogen) atoms. The standard InChI is InChI=1S/C30H36N8O2/c1-18-14-21(6-8-23(18)19(2)35-27(39)28-37-29(38-40-28)30(3,4)5)24-15-26(34-17-33-24)36-25-9-7-22(16-32-25)20-10-12-31-13-11-20/h6-9,14-17,19-20,31H,10-13H2,1-5H3,(H,35,39)(H,32,33,34,36)/t19-/m1/s1. The molecule has 1 aliphatic rings. The number of hydrogen-bond acceptors (Lipinski definition) is 9. The van der Waals surface area contributed by atoms with E-state index in [2.05, 4.69) is 53.2 Å². The number of benzene rings is 1. The van der Waals surface area contributed by atoms with E-state index in [4.69, 9.17) is 4.52 Å². The van der Waals surface area contributed by atoms with Crippen molar-refractivity contribution in [3.8, 4) is 11.3 Å². The minimum Gasteiger partial charge on any atom is -0.341 e. The fourth-order valence-electron chi connectivity index (χ4n) is 4.87. The van der Waals surface area contributed by atoms with Gasteiger partial charge in [-0.05, 0) is 74.5 Å². The Kier molecular flexibility index (Phi) is 7.88. The number of carbonyl (C=O) groups is 1. The summed E-state index contributed by atoms with van der Waals surface area (Å²) in [5.41, 5.74) is 4.72. The van der Waals surface area contributed by atoms with Crippen molar-refractivity contribution in [3.63, 3.8) is 0 Å². The van der Waals surface area contributed by atoms with Gasteiger partial charge in [0.1, 0.15) is 18.0 Å². The molecular weight excluding hydrogens is 504 g/mol. The van der Waals surface area contributed by atoms with E-state index in [9.17, 15) is 4.79 Å². The van der Waals surface area contributed by atoms with Crippen LogP contribution in [0.2, 0.25) is 0 Å². The van der Waals surface area contributed by atoms with Crippen molar-refractivity contribution in [2.45, 2.75) is 64.8 Å². The fourth-order valence-corrected chi connectivity index (χ4v) is 4.87. The Labute approximate surface area is 234 Å². The molecule has 4 heterocycles. The summed E-state index contributed by atoms with van der Waals surface area (Å²) in [7, 11) is 0. The summed E-state index contributed by atoms with van der Waals surface area (Å²) in [6.45, 7) is 12.0. The summed E-state index contributed by atoms with van der Waals surface area (Å²) in [6.07, 6.45) is 5.79. The molecule has 0 bridgehead atoms. The predicted octanol–water partition coefficient (Wildman–Crippen LogP) is 5.23. The van der Waals surface area contributed by atoms with Crippen LogP contribution in [0.5, 0.6) is 0 Å². The van der Waals surface area contributed by atoms with Gasteiger partial charge in [0, 0.05) is 23.2 Å². The number of carbonyl (C=O) groups excluding carboxylic acids is 1. The lowest BCUT2D eigenvalue weighted by Crippen LogP contribution is -2.27. The number of aromatic nitrogens is 5. The fraction of sp³-hybridized carbons (Fsp3) is 0.400. The first-order valence-electron chi connectivity index (χ1n) is 13.7. The monoisotopic (exact) mass is 540 g/mol. The molecule has 1 atom stereocenters. The number of nitrogens with zero attached hydrogens (tertiary/aromatic N) is 5. The molecule has 0 radical (unpaired) electrons. The Bertz CT molecular complexity index is 1470. The highest BCUT2D eigenvalue weighted by Gasteiger charge is 2.25. The molecule has 4 aromatic rings. The Balaban J connectivity index is 1.25. The van der Waals surface area contributed by atoms with Crippen LogP contribution in [0, 0.1) is 6.92 Å². The number of anilines is 2. The Morgan fingerprint density at radius 3 is 2.52 bits per heavy atom. The minimum atomic E-state index is -0.400. The van der Waals surface area contributed by atoms with E-state index >= 15 is 0 Å². The lowest BCUT2D eigenvalue weighted by Gasteiger charge is -2.22. The third-order valence-corrected chi connectivity index (χ3v) is 7.19. The molecule has 0 unspecified atom stereocenters. The first-order valence-corrected chi connectivity index (χ1v) is 13.7. The van der Waals surface area contributed by atoms with Crippen LogP contribution < -0.4 is 16.0 Å². The second kappa shape index (κ2) is 11.5. The Hall–Kier alpha value is -4.18. The maximum absolute atomic E-state index is 12.7. The molecule has 1 aromatic carbocycles. The maximum Gasteiger partial charge on any atom is 0.315 e. The lowest BCUT2D eigenvalue weighted by molar-refractivity contribution is 0.0895. The second-order valence-corrected chi connectivity index (χ2v) is 11.4. The van der Waals surface area contributed by atoms with Crippen LogP contribution in [-0.2, 0) is 5.41 Å². The molecular formula is C30H36N8O2. The minimum absolute atomic E-state index is 0.0394. The van der Waals surface area contributed by atoms with Gasteiger partial charge in [-0.25, -0.2) is 15.0 Å². The van der Waals surface area contributed by atoms with E-state index in [1.165, 1.54) is 5.56 Å². The zero-order valence-corrected chi connectivity index (χ0v) is 23.7. The van der Waals surface area contributed by atoms with Gasteiger partial charge in [-0.15, -0.1) is 0 Å². The van der Waals surface area contributed by atoms with Crippen LogP contribution in [0.15, 0.2) is 53.4 Å². The number of pyridine rings is 1. The first kappa shape index (κ1) is 27.4. The van der Waals surface area contributed by atoms with Crippen molar-refractivity contribution in [1.29, 1.82) is 0 Å². The average Bonchev–Trinajstić information content (AvgIpc) is 3.46. The molecule has 1 fully saturated rings. The highest BCUT2D eigenvalue weighted by Crippen LogP contribution is 2.28. The number of piperidine rings is 1. The molecule has 10 nitrogen and oxygen atoms in total. The van der Waals surface area contributed by atoms with E-state index in [0.29, 0.717) is 17.6 Å². The van der Waals surface area contributed by atoms with Gasteiger partial charge in [-0.1, -0.05) is 44.1 Å². The molecule has 0 aliphatic carbocycles. The zero-order valence-electron chi connectivity index (χ0n) is 23.7. The zero-order chi connectivity index (χ0) is 28.3. The van der Waals surface area contributed by atoms with Crippen molar-refractivity contribution in [2.24, 2.45) is 0 Å². The van der Waals surface area contributed by atoms with Gasteiger partial charge in [0.15, 0.2) is 5.82 Å². The first-order chi connectivity index (χ1) is 19.2. The molecule has 208 valence electrons. The van der Waals surface area contributed by atoms with Crippen LogP contribution in [0.3, 0.4) is 0 Å². The summed E-state index contributed by atoms with van der Waals surface area (Å²) in [5.74, 6) is 2.04. The molecule has 1 saturated heterocycles. The second-order valence-electron chi connectivity index (χ2n) is 11.4. The normalized spacial score (nSPS) is 15.0. The van der Waals surface area contributed by atoms with Crippen LogP contribution >= 0.6 is 0 Å². The molecule has 1 amide bonds. The number of nitrogens with one attached hydrogen (secondary N) is 3. The number of amides is 1. The van der Waals surface area contributed by atoms with Crippen molar-refractivity contribution in [3.05, 3.63) is 77.3 Å². The average molecular weight is 541 g/mol. The number of hydrogen-bond donors (Lipinski definition) is 3. The summed E-state index contributed by atoms with van der Waals surface area (Å²) < 4.78 is 5.18. The van der Waals surface area contributed by atoms with Crippen molar-refractivity contribution >= 4 is 17.5 Å². The third-order valence-electron chi connectivity index (χ3n) is 7.19. The van der Waals surface area contributed by atoms with E-state index in [1.54, 1.807) is 6.33 Å². The summed E-state index contributed by atoms with van der Waals surface area (Å²) in [5, 5.41) is 13.6. The molecule has 1 aliphatic heterocycles. The molecule has 3 aromatic heterocycles. The van der Waals surface area contributed by atoms with E-state index < -0.39 is 5.91 Å². The van der Waals surface area contributed by atoms with Crippen molar-refractivity contribution in [2.75, 3.05) is 18.4 Å². The molecule has 0 saturated carbocycles. The van der Waals surface area contributed by atoms with Gasteiger partial charge < -0.3 is 20.5 Å². The van der Waals surface area contributed by atoms with Gasteiger partial charge in [0.05, 0.1) is 11.7 Å². The van der Waals surface area contributed by atoms with Crippen LogP contribution in [0.1, 0.15) is 85.7 Å². The van der Waals surface area contributed by atoms with Gasteiger partial charge in [0.2, 0.25) is 0 Å². The molecule has 10 heteroatoms. The summed E-state index contributed by atoms with van der Waals surface area (Å²) in [6, 6.07) is 11.9. The van der Waals surface area contributed by atoms with Gasteiger partial charge in [-0.3, -0.25) is 4.79 Å². The third kappa shape index (κ3) is 6.34. The number of aryl methyl sites for hydroxylation is 1. The van der Waals surface area contributed by atoms with Crippen LogP contribution in [0.25, 0.3) is 11.3 Å². The quantitative estimate of drug-likeness (QED) is 0.288. The van der Waals surface area contributed by atoms with Crippen molar-refractivity contribution < 1.29 is 9.32 Å². The van der Waals surface area contributed by atoms with E-state index in [0.717, 1.165) is 54.1 Å². The van der Waals surface area contributed by atoms with E-state index in [-0.39, 0.29) is 17.3 Å². The summed E-state index contributed by atoms with van der Waals surface area (Å²) in [4.78, 5) is 30.4. The molecule has 5 rings (SSSR count). The molecule has 3 N–H and O–H groups in total. The highest BCUT2D eigenvalue weighted by molar-refractivity contribution is 5.89. The van der Waals surface area contributed by atoms with Gasteiger partial charge >= 0.3 is 11.8 Å². The SMILES string of the molecule is Cc1cc(-c2cc(Nc3ccc(C4CCNCC4)cn3)ncn2)ccc1[C@@H](C)NC(=O)c1nc(C(C)(C)C)no1. The highest BCUT2D eigenvalue weighted by atomic mass is 16.5. The topological polar surface area (TPSA) is 131 Å². The maximum atomic E-state index is 12.7. The van der Waals surface area contributed by atoms with E-state index in [1.807, 2.05) is 65.1 Å². The van der Waals surface area contributed by atoms with Gasteiger partial charge in [-0.2, -0.15) is 4.98 Å². The Morgan fingerprint density at radius 2 is 1.85 bits per heavy atom. The summed E-state index contributed by atoms with van der Waals surface area (Å²) >= 11 is 0. The molecule has 0 spiro atoms. The predicted molar refractivity (Wildman–Crippen MR) is 153 cm³/mol. The lowest BCUT2D eigenvalue weighted by atomic mass is 9.91.